The average Bonchev–Trinajstić information content (AvgIpc) is 2.32. The van der Waals surface area contributed by atoms with Crippen molar-refractivity contribution in [1.82, 2.24) is 6.15 Å². The van der Waals surface area contributed by atoms with Crippen LogP contribution in [0.2, 0.25) is 0 Å². The van der Waals surface area contributed by atoms with E-state index in [9.17, 15) is 9.59 Å². The van der Waals surface area contributed by atoms with Crippen molar-refractivity contribution in [3.63, 3.8) is 0 Å². The van der Waals surface area contributed by atoms with Crippen molar-refractivity contribution in [2.24, 2.45) is 0 Å². The number of fused-ring (bicyclic) bond motifs is 1. The van der Waals surface area contributed by atoms with Gasteiger partial charge in [-0.1, -0.05) is 37.6 Å². The number of benzene rings is 1. The van der Waals surface area contributed by atoms with Crippen LogP contribution in [0.15, 0.2) is 35.9 Å². The van der Waals surface area contributed by atoms with Crippen LogP contribution in [0, 0.1) is 0 Å². The standard InChI is InChI=1S/C14H14O2.H3N/c1-2-3-6-10-9-13(15)11-7-4-5-8-12(11)14(10)16;/h4-5,7-9H,2-3,6H2,1H3;1H3. The Hall–Kier alpha value is -1.74. The molecule has 0 aromatic heterocycles. The van der Waals surface area contributed by atoms with E-state index in [1.807, 2.05) is 0 Å². The third-order valence-electron chi connectivity index (χ3n) is 2.83. The van der Waals surface area contributed by atoms with Crippen molar-refractivity contribution in [2.75, 3.05) is 0 Å². The third kappa shape index (κ3) is 2.50. The summed E-state index contributed by atoms with van der Waals surface area (Å²) in [5, 5.41) is 0. The summed E-state index contributed by atoms with van der Waals surface area (Å²) < 4.78 is 0. The summed E-state index contributed by atoms with van der Waals surface area (Å²) in [6, 6.07) is 7.03. The van der Waals surface area contributed by atoms with Gasteiger partial charge in [0.25, 0.3) is 0 Å². The van der Waals surface area contributed by atoms with E-state index < -0.39 is 0 Å². The molecule has 0 saturated heterocycles. The van der Waals surface area contributed by atoms with E-state index in [2.05, 4.69) is 6.92 Å². The van der Waals surface area contributed by atoms with Crippen LogP contribution in [-0.2, 0) is 0 Å². The molecule has 0 bridgehead atoms. The second kappa shape index (κ2) is 5.55. The van der Waals surface area contributed by atoms with Gasteiger partial charge in [-0.05, 0) is 18.9 Å². The first kappa shape index (κ1) is 13.3. The first-order valence-electron chi connectivity index (χ1n) is 5.62. The minimum absolute atomic E-state index is 0. The third-order valence-corrected chi connectivity index (χ3v) is 2.83. The van der Waals surface area contributed by atoms with Gasteiger partial charge in [0.05, 0.1) is 0 Å². The van der Waals surface area contributed by atoms with E-state index in [4.69, 9.17) is 0 Å². The number of rotatable bonds is 3. The largest absolute Gasteiger partial charge is 0.344 e. The number of hydrogen-bond acceptors (Lipinski definition) is 3. The van der Waals surface area contributed by atoms with Crippen LogP contribution in [-0.4, -0.2) is 11.6 Å². The molecular formula is C14H17NO2. The number of carbonyl (C=O) groups is 2. The Morgan fingerprint density at radius 2 is 1.71 bits per heavy atom. The highest BCUT2D eigenvalue weighted by molar-refractivity contribution is 6.24. The lowest BCUT2D eigenvalue weighted by molar-refractivity contribution is 0.0981. The number of Topliss-reactive ketones (excluding diaryl/α,β-unsaturated/α-hetero) is 1. The first-order chi connectivity index (χ1) is 7.74. The number of ketones is 2. The molecule has 0 unspecified atom stereocenters. The smallest absolute Gasteiger partial charge is 0.189 e. The molecular weight excluding hydrogens is 214 g/mol. The van der Waals surface area contributed by atoms with Crippen molar-refractivity contribution < 1.29 is 9.59 Å². The van der Waals surface area contributed by atoms with E-state index in [1.54, 1.807) is 24.3 Å². The summed E-state index contributed by atoms with van der Waals surface area (Å²) >= 11 is 0. The van der Waals surface area contributed by atoms with Crippen molar-refractivity contribution in [2.45, 2.75) is 26.2 Å². The predicted octanol–water partition coefficient (Wildman–Crippen LogP) is 3.34. The molecule has 90 valence electrons. The number of allylic oxidation sites excluding steroid dienone is 2. The van der Waals surface area contributed by atoms with Gasteiger partial charge in [-0.3, -0.25) is 9.59 Å². The first-order valence-corrected chi connectivity index (χ1v) is 5.62. The predicted molar refractivity (Wildman–Crippen MR) is 67.7 cm³/mol. The normalized spacial score (nSPS) is 13.8. The fraction of sp³-hybridized carbons (Fsp3) is 0.286. The summed E-state index contributed by atoms with van der Waals surface area (Å²) in [4.78, 5) is 23.8. The second-order valence-corrected chi connectivity index (χ2v) is 4.01. The average molecular weight is 231 g/mol. The summed E-state index contributed by atoms with van der Waals surface area (Å²) in [5.41, 5.74) is 1.75. The molecule has 1 aliphatic rings. The Labute approximate surface area is 101 Å². The molecule has 1 aliphatic carbocycles. The van der Waals surface area contributed by atoms with Crippen molar-refractivity contribution >= 4 is 11.6 Å². The summed E-state index contributed by atoms with van der Waals surface area (Å²) in [5.74, 6) is -0.0232. The summed E-state index contributed by atoms with van der Waals surface area (Å²) in [7, 11) is 0. The Kier molecular flexibility index (Phi) is 4.35. The minimum atomic E-state index is -0.0405. The van der Waals surface area contributed by atoms with Gasteiger partial charge in [0.15, 0.2) is 11.6 Å². The van der Waals surface area contributed by atoms with Crippen LogP contribution in [0.25, 0.3) is 0 Å². The Bertz CT molecular complexity index is 475. The Balaban J connectivity index is 0.00000144. The minimum Gasteiger partial charge on any atom is -0.344 e. The van der Waals surface area contributed by atoms with Crippen LogP contribution < -0.4 is 6.15 Å². The lowest BCUT2D eigenvalue weighted by Gasteiger charge is -2.14. The lowest BCUT2D eigenvalue weighted by atomic mass is 9.87. The van der Waals surface area contributed by atoms with Gasteiger partial charge < -0.3 is 6.15 Å². The fourth-order valence-electron chi connectivity index (χ4n) is 1.92. The maximum atomic E-state index is 12.0. The van der Waals surface area contributed by atoms with Crippen molar-refractivity contribution in [1.29, 1.82) is 0 Å². The molecule has 0 aliphatic heterocycles. The molecule has 17 heavy (non-hydrogen) atoms. The molecule has 1 aromatic rings. The number of hydrogen-bond donors (Lipinski definition) is 1. The van der Waals surface area contributed by atoms with Gasteiger partial charge in [-0.15, -0.1) is 0 Å². The van der Waals surface area contributed by atoms with E-state index in [1.165, 1.54) is 6.08 Å². The monoisotopic (exact) mass is 231 g/mol. The van der Waals surface area contributed by atoms with E-state index in [0.717, 1.165) is 12.8 Å². The highest BCUT2D eigenvalue weighted by Crippen LogP contribution is 2.23. The van der Waals surface area contributed by atoms with Gasteiger partial charge >= 0.3 is 0 Å². The molecule has 3 N–H and O–H groups in total. The van der Waals surface area contributed by atoms with Gasteiger partial charge in [-0.2, -0.15) is 0 Å². The molecule has 0 heterocycles. The Morgan fingerprint density at radius 1 is 1.06 bits per heavy atom. The molecule has 0 atom stereocenters. The Morgan fingerprint density at radius 3 is 2.35 bits per heavy atom. The molecule has 0 amide bonds. The molecule has 3 nitrogen and oxygen atoms in total. The zero-order valence-electron chi connectivity index (χ0n) is 10.0. The molecule has 3 heteroatoms. The second-order valence-electron chi connectivity index (χ2n) is 4.01. The van der Waals surface area contributed by atoms with Gasteiger partial charge in [0.2, 0.25) is 0 Å². The molecule has 0 radical (unpaired) electrons. The molecule has 2 rings (SSSR count). The van der Waals surface area contributed by atoms with Crippen LogP contribution in [0.3, 0.4) is 0 Å². The SMILES string of the molecule is CCCCC1=CC(=O)c2ccccc2C1=O.N. The van der Waals surface area contributed by atoms with Gasteiger partial charge in [0.1, 0.15) is 0 Å². The number of unbranched alkanes of at least 4 members (excludes halogenated alkanes) is 1. The zero-order chi connectivity index (χ0) is 11.5. The van der Waals surface area contributed by atoms with Crippen LogP contribution in [0.1, 0.15) is 46.9 Å². The zero-order valence-corrected chi connectivity index (χ0v) is 10.0. The molecule has 0 saturated carbocycles. The van der Waals surface area contributed by atoms with E-state index in [0.29, 0.717) is 23.1 Å². The summed E-state index contributed by atoms with van der Waals surface area (Å²) in [6.45, 7) is 2.07. The van der Waals surface area contributed by atoms with E-state index in [-0.39, 0.29) is 17.7 Å². The van der Waals surface area contributed by atoms with Crippen LogP contribution in [0.4, 0.5) is 0 Å². The fourth-order valence-corrected chi connectivity index (χ4v) is 1.92. The highest BCUT2D eigenvalue weighted by Gasteiger charge is 2.24. The van der Waals surface area contributed by atoms with Gasteiger partial charge in [0, 0.05) is 16.7 Å². The van der Waals surface area contributed by atoms with Gasteiger partial charge in [-0.25, -0.2) is 0 Å². The van der Waals surface area contributed by atoms with Crippen LogP contribution >= 0.6 is 0 Å². The number of carbonyl (C=O) groups excluding carboxylic acids is 2. The van der Waals surface area contributed by atoms with Crippen molar-refractivity contribution in [3.05, 3.63) is 47.0 Å². The topological polar surface area (TPSA) is 69.1 Å². The quantitative estimate of drug-likeness (QED) is 0.867. The maximum Gasteiger partial charge on any atom is 0.189 e. The lowest BCUT2D eigenvalue weighted by Crippen LogP contribution is -2.16. The van der Waals surface area contributed by atoms with Crippen LogP contribution in [0.5, 0.6) is 0 Å². The molecule has 0 spiro atoms. The van der Waals surface area contributed by atoms with E-state index >= 15 is 0 Å². The van der Waals surface area contributed by atoms with Crippen molar-refractivity contribution in [3.8, 4) is 0 Å². The summed E-state index contributed by atoms with van der Waals surface area (Å²) in [6.07, 6.45) is 4.18. The molecule has 0 fully saturated rings. The maximum absolute atomic E-state index is 12.0. The highest BCUT2D eigenvalue weighted by atomic mass is 16.1. The molecule has 1 aromatic carbocycles.